The fraction of sp³-hybridized carbons (Fsp3) is 0.786. The van der Waals surface area contributed by atoms with Gasteiger partial charge in [-0.3, -0.25) is 9.59 Å². The molecule has 6 heteroatoms. The second-order valence-corrected chi connectivity index (χ2v) is 18.0. The molecule has 0 aromatic carbocycles. The molecule has 0 bridgehead atoms. The molecule has 0 heterocycles. The molecule has 3 N–H and O–H groups in total. The largest absolute Gasteiger partial charge is 0.461 e. The molecule has 3 unspecified atom stereocenters. The molecule has 0 saturated carbocycles. The number of unbranched alkanes of at least 4 members (excludes halogenated alkanes) is 30. The zero-order chi connectivity index (χ0) is 45.2. The number of hydrogen-bond donors (Lipinski definition) is 3. The second-order valence-electron chi connectivity index (χ2n) is 18.0. The van der Waals surface area contributed by atoms with Crippen molar-refractivity contribution in [2.45, 2.75) is 277 Å². The molecule has 0 aromatic heterocycles. The zero-order valence-corrected chi connectivity index (χ0v) is 41.0. The number of aliphatic hydroxyl groups is 2. The summed E-state index contributed by atoms with van der Waals surface area (Å²) in [4.78, 5) is 26.1. The Hall–Kier alpha value is -2.44. The van der Waals surface area contributed by atoms with Gasteiger partial charge in [-0.05, 0) is 19.3 Å². The van der Waals surface area contributed by atoms with Gasteiger partial charge in [0, 0.05) is 12.8 Å². The molecule has 0 saturated heterocycles. The lowest BCUT2D eigenvalue weighted by Crippen LogP contribution is -2.46. The summed E-state index contributed by atoms with van der Waals surface area (Å²) in [6.45, 7) is 6.31. The van der Waals surface area contributed by atoms with Crippen LogP contribution in [-0.2, 0) is 14.3 Å². The minimum atomic E-state index is -0.817. The molecule has 62 heavy (non-hydrogen) atoms. The summed E-state index contributed by atoms with van der Waals surface area (Å²) in [7, 11) is 0. The molecule has 6 nitrogen and oxygen atoms in total. The predicted octanol–water partition coefficient (Wildman–Crippen LogP) is 16.0. The van der Waals surface area contributed by atoms with E-state index in [0.717, 1.165) is 44.9 Å². The number of aliphatic hydroxyl groups excluding tert-OH is 2. The first-order valence-corrected chi connectivity index (χ1v) is 26.6. The van der Waals surface area contributed by atoms with E-state index in [9.17, 15) is 19.8 Å². The SMILES string of the molecule is CC/C=C/C=C/C=C\C=C/C=C/CC(CC(=O)NC(CO)C(O)CCCCCCCCCCCCCCC)OC(=O)CCCCCCCCCCCCCCCCCCCCC. The molecule has 0 radical (unpaired) electrons. The van der Waals surface area contributed by atoms with Crippen LogP contribution < -0.4 is 5.32 Å². The van der Waals surface area contributed by atoms with Gasteiger partial charge in [0.05, 0.1) is 25.2 Å². The summed E-state index contributed by atoms with van der Waals surface area (Å²) in [5.74, 6) is -0.600. The first kappa shape index (κ1) is 59.6. The van der Waals surface area contributed by atoms with Crippen LogP contribution in [0.2, 0.25) is 0 Å². The van der Waals surface area contributed by atoms with E-state index < -0.39 is 18.2 Å². The highest BCUT2D eigenvalue weighted by atomic mass is 16.5. The Bertz CT molecular complexity index is 1110. The van der Waals surface area contributed by atoms with Gasteiger partial charge < -0.3 is 20.3 Å². The van der Waals surface area contributed by atoms with Gasteiger partial charge >= 0.3 is 5.97 Å². The molecule has 0 aromatic rings. The van der Waals surface area contributed by atoms with E-state index in [-0.39, 0.29) is 24.9 Å². The standard InChI is InChI=1S/C56H101NO5/c1-4-7-10-13-16-19-22-24-25-26-27-28-29-31-34-37-40-43-46-49-56(61)62-52(47-44-41-38-35-32-21-18-15-12-9-6-3)50-55(60)57-53(51-58)54(59)48-45-42-39-36-33-30-23-20-17-14-11-8-5-2/h9,12,15,18,21,32,35,38,41,44,52-54,58-59H,4-8,10-11,13-14,16-17,19-20,22-31,33-34,36-37,39-40,42-43,45-51H2,1-3H3,(H,57,60)/b12-9+,18-15+,32-21-,38-35-,44-41+. The Labute approximate surface area is 384 Å². The van der Waals surface area contributed by atoms with Gasteiger partial charge in [-0.15, -0.1) is 0 Å². The van der Waals surface area contributed by atoms with Crippen LogP contribution in [0.1, 0.15) is 258 Å². The van der Waals surface area contributed by atoms with E-state index >= 15 is 0 Å². The lowest BCUT2D eigenvalue weighted by atomic mass is 10.0. The van der Waals surface area contributed by atoms with Crippen LogP contribution in [0, 0.1) is 0 Å². The van der Waals surface area contributed by atoms with Crippen molar-refractivity contribution in [3.05, 3.63) is 60.8 Å². The van der Waals surface area contributed by atoms with Crippen molar-refractivity contribution in [2.24, 2.45) is 0 Å². The summed E-state index contributed by atoms with van der Waals surface area (Å²) in [6.07, 6.45) is 61.7. The molecule has 0 aliphatic heterocycles. The fourth-order valence-electron chi connectivity index (χ4n) is 7.98. The van der Waals surface area contributed by atoms with Gasteiger partial charge in [-0.1, -0.05) is 281 Å². The highest BCUT2D eigenvalue weighted by Gasteiger charge is 2.23. The number of amides is 1. The van der Waals surface area contributed by atoms with Crippen LogP contribution in [0.3, 0.4) is 0 Å². The van der Waals surface area contributed by atoms with Crippen molar-refractivity contribution < 1.29 is 24.5 Å². The maximum Gasteiger partial charge on any atom is 0.306 e. The van der Waals surface area contributed by atoms with E-state index in [1.807, 2.05) is 54.7 Å². The quantitative estimate of drug-likeness (QED) is 0.0322. The van der Waals surface area contributed by atoms with Crippen LogP contribution in [0.15, 0.2) is 60.8 Å². The number of carbonyl (C=O) groups excluding carboxylic acids is 2. The van der Waals surface area contributed by atoms with E-state index in [0.29, 0.717) is 19.3 Å². The number of ether oxygens (including phenoxy) is 1. The molecule has 0 fully saturated rings. The van der Waals surface area contributed by atoms with Crippen LogP contribution >= 0.6 is 0 Å². The Morgan fingerprint density at radius 3 is 1.23 bits per heavy atom. The molecule has 0 rings (SSSR count). The monoisotopic (exact) mass is 868 g/mol. The van der Waals surface area contributed by atoms with Gasteiger partial charge in [0.25, 0.3) is 0 Å². The third kappa shape index (κ3) is 44.2. The van der Waals surface area contributed by atoms with Crippen LogP contribution in [0.5, 0.6) is 0 Å². The lowest BCUT2D eigenvalue weighted by molar-refractivity contribution is -0.150. The van der Waals surface area contributed by atoms with Gasteiger partial charge in [0.15, 0.2) is 0 Å². The van der Waals surface area contributed by atoms with E-state index in [4.69, 9.17) is 4.74 Å². The Morgan fingerprint density at radius 2 is 0.839 bits per heavy atom. The molecule has 3 atom stereocenters. The first-order valence-electron chi connectivity index (χ1n) is 26.6. The summed E-state index contributed by atoms with van der Waals surface area (Å²) in [6, 6.07) is -0.738. The Balaban J connectivity index is 4.55. The molecule has 0 aliphatic rings. The maximum atomic E-state index is 13.2. The minimum absolute atomic E-state index is 0.0169. The zero-order valence-electron chi connectivity index (χ0n) is 41.0. The average Bonchev–Trinajstić information content (AvgIpc) is 3.26. The fourth-order valence-corrected chi connectivity index (χ4v) is 7.98. The molecular weight excluding hydrogens is 767 g/mol. The summed E-state index contributed by atoms with van der Waals surface area (Å²) < 4.78 is 5.85. The number of allylic oxidation sites excluding steroid dienone is 9. The van der Waals surface area contributed by atoms with Gasteiger partial charge in [0.2, 0.25) is 5.91 Å². The van der Waals surface area contributed by atoms with Crippen molar-refractivity contribution in [2.75, 3.05) is 6.61 Å². The Kier molecular flexibility index (Phi) is 47.6. The van der Waals surface area contributed by atoms with Crippen molar-refractivity contribution in [1.29, 1.82) is 0 Å². The van der Waals surface area contributed by atoms with E-state index in [1.54, 1.807) is 0 Å². The molecule has 0 spiro atoms. The minimum Gasteiger partial charge on any atom is -0.461 e. The number of carbonyl (C=O) groups is 2. The van der Waals surface area contributed by atoms with Gasteiger partial charge in [-0.25, -0.2) is 0 Å². The number of nitrogens with one attached hydrogen (secondary N) is 1. The van der Waals surface area contributed by atoms with Crippen molar-refractivity contribution >= 4 is 11.9 Å². The highest BCUT2D eigenvalue weighted by Crippen LogP contribution is 2.17. The maximum absolute atomic E-state index is 13.2. The van der Waals surface area contributed by atoms with Crippen LogP contribution in [0.25, 0.3) is 0 Å². The van der Waals surface area contributed by atoms with E-state index in [1.165, 1.54) is 167 Å². The van der Waals surface area contributed by atoms with E-state index in [2.05, 4.69) is 32.2 Å². The molecule has 1 amide bonds. The number of esters is 1. The number of rotatable bonds is 47. The molecule has 360 valence electrons. The highest BCUT2D eigenvalue weighted by molar-refractivity contribution is 5.77. The van der Waals surface area contributed by atoms with Gasteiger partial charge in [-0.2, -0.15) is 0 Å². The molecule has 0 aliphatic carbocycles. The normalized spacial score (nSPS) is 13.7. The predicted molar refractivity (Wildman–Crippen MR) is 268 cm³/mol. The third-order valence-corrected chi connectivity index (χ3v) is 12.0. The summed E-state index contributed by atoms with van der Waals surface area (Å²) in [5, 5.41) is 23.7. The summed E-state index contributed by atoms with van der Waals surface area (Å²) in [5.41, 5.74) is 0. The van der Waals surface area contributed by atoms with Crippen molar-refractivity contribution in [3.8, 4) is 0 Å². The topological polar surface area (TPSA) is 95.9 Å². The second kappa shape index (κ2) is 49.6. The van der Waals surface area contributed by atoms with Crippen molar-refractivity contribution in [1.82, 2.24) is 5.32 Å². The average molecular weight is 868 g/mol. The molecular formula is C56H101NO5. The Morgan fingerprint density at radius 1 is 0.484 bits per heavy atom. The lowest BCUT2D eigenvalue weighted by Gasteiger charge is -2.24. The van der Waals surface area contributed by atoms with Crippen LogP contribution in [-0.4, -0.2) is 46.9 Å². The number of hydrogen-bond acceptors (Lipinski definition) is 5. The summed E-state index contributed by atoms with van der Waals surface area (Å²) >= 11 is 0. The smallest absolute Gasteiger partial charge is 0.306 e. The third-order valence-electron chi connectivity index (χ3n) is 12.0. The van der Waals surface area contributed by atoms with Gasteiger partial charge in [0.1, 0.15) is 6.10 Å². The van der Waals surface area contributed by atoms with Crippen molar-refractivity contribution in [3.63, 3.8) is 0 Å². The van der Waals surface area contributed by atoms with Crippen LogP contribution in [0.4, 0.5) is 0 Å². The first-order chi connectivity index (χ1) is 30.5.